The summed E-state index contributed by atoms with van der Waals surface area (Å²) in [6.07, 6.45) is -4.64. The molecule has 0 aliphatic heterocycles. The number of benzene rings is 3. The average molecular weight is 417 g/mol. The Morgan fingerprint density at radius 1 is 0.897 bits per heavy atom. The molecule has 0 spiro atoms. The van der Waals surface area contributed by atoms with Gasteiger partial charge in [-0.15, -0.1) is 0 Å². The van der Waals surface area contributed by atoms with Crippen molar-refractivity contribution in [1.82, 2.24) is 9.97 Å². The number of para-hydroxylation sites is 3. The number of rotatable bonds is 4. The molecule has 1 heterocycles. The summed E-state index contributed by atoms with van der Waals surface area (Å²) >= 11 is 0. The number of sulfonamides is 1. The van der Waals surface area contributed by atoms with Crippen molar-refractivity contribution >= 4 is 26.7 Å². The molecule has 0 atom stereocenters. The molecule has 9 heteroatoms. The lowest BCUT2D eigenvalue weighted by atomic mass is 10.2. The Labute approximate surface area is 164 Å². The highest BCUT2D eigenvalue weighted by Crippen LogP contribution is 2.32. The number of aromatic amines is 1. The largest absolute Gasteiger partial charge is 0.416 e. The summed E-state index contributed by atoms with van der Waals surface area (Å²) in [5.41, 5.74) is 1.12. The van der Waals surface area contributed by atoms with Crippen LogP contribution in [0, 0.1) is 0 Å². The number of nitrogens with zero attached hydrogens (tertiary/aromatic N) is 1. The summed E-state index contributed by atoms with van der Waals surface area (Å²) in [5.74, 6) is 0.438. The molecule has 0 bridgehead atoms. The number of hydrogen-bond acceptors (Lipinski definition) is 3. The van der Waals surface area contributed by atoms with Crippen LogP contribution in [0.15, 0.2) is 77.7 Å². The van der Waals surface area contributed by atoms with Gasteiger partial charge in [-0.1, -0.05) is 30.3 Å². The molecule has 0 amide bonds. The fraction of sp³-hybridized carbons (Fsp3) is 0.0500. The highest BCUT2D eigenvalue weighted by molar-refractivity contribution is 7.92. The summed E-state index contributed by atoms with van der Waals surface area (Å²) in [6.45, 7) is 0. The average Bonchev–Trinajstić information content (AvgIpc) is 3.11. The lowest BCUT2D eigenvalue weighted by Gasteiger charge is -2.13. The first-order chi connectivity index (χ1) is 13.7. The molecule has 4 aromatic rings. The van der Waals surface area contributed by atoms with E-state index in [1.807, 2.05) is 24.3 Å². The second-order valence-electron chi connectivity index (χ2n) is 6.28. The lowest BCUT2D eigenvalue weighted by molar-refractivity contribution is -0.137. The number of halogens is 3. The highest BCUT2D eigenvalue weighted by Gasteiger charge is 2.31. The molecule has 2 N–H and O–H groups in total. The van der Waals surface area contributed by atoms with Gasteiger partial charge >= 0.3 is 6.18 Å². The summed E-state index contributed by atoms with van der Waals surface area (Å²) in [7, 11) is -4.25. The van der Waals surface area contributed by atoms with E-state index in [-0.39, 0.29) is 5.69 Å². The van der Waals surface area contributed by atoms with Crippen LogP contribution in [-0.4, -0.2) is 18.4 Å². The smallest absolute Gasteiger partial charge is 0.338 e. The fourth-order valence-electron chi connectivity index (χ4n) is 2.90. The number of anilines is 1. The lowest BCUT2D eigenvalue weighted by Crippen LogP contribution is -2.15. The summed E-state index contributed by atoms with van der Waals surface area (Å²) < 4.78 is 66.7. The van der Waals surface area contributed by atoms with E-state index < -0.39 is 26.7 Å². The predicted molar refractivity (Wildman–Crippen MR) is 104 cm³/mol. The van der Waals surface area contributed by atoms with Crippen molar-refractivity contribution in [3.05, 3.63) is 78.4 Å². The van der Waals surface area contributed by atoms with E-state index in [4.69, 9.17) is 0 Å². The molecular weight excluding hydrogens is 403 g/mol. The second-order valence-corrected chi connectivity index (χ2v) is 7.96. The van der Waals surface area contributed by atoms with Crippen molar-refractivity contribution in [3.63, 3.8) is 0 Å². The van der Waals surface area contributed by atoms with Crippen LogP contribution in [0.5, 0.6) is 0 Å². The Hall–Kier alpha value is -3.33. The molecule has 4 rings (SSSR count). The van der Waals surface area contributed by atoms with Gasteiger partial charge in [0.25, 0.3) is 10.0 Å². The maximum absolute atomic E-state index is 12.9. The number of alkyl halides is 3. The maximum atomic E-state index is 12.9. The van der Waals surface area contributed by atoms with Crippen LogP contribution in [0.4, 0.5) is 18.9 Å². The third-order valence-electron chi connectivity index (χ3n) is 4.29. The van der Waals surface area contributed by atoms with Crippen LogP contribution < -0.4 is 4.72 Å². The van der Waals surface area contributed by atoms with E-state index in [2.05, 4.69) is 14.7 Å². The molecule has 3 aromatic carbocycles. The Morgan fingerprint density at radius 3 is 2.38 bits per heavy atom. The van der Waals surface area contributed by atoms with Crippen molar-refractivity contribution in [2.75, 3.05) is 4.72 Å². The molecule has 0 saturated heterocycles. The minimum atomic E-state index is -4.64. The van der Waals surface area contributed by atoms with E-state index >= 15 is 0 Å². The zero-order chi connectivity index (χ0) is 20.6. The van der Waals surface area contributed by atoms with Gasteiger partial charge in [-0.25, -0.2) is 13.4 Å². The van der Waals surface area contributed by atoms with Gasteiger partial charge < -0.3 is 4.98 Å². The fourth-order valence-corrected chi connectivity index (χ4v) is 4.03. The molecule has 0 aliphatic rings. The monoisotopic (exact) mass is 417 g/mol. The SMILES string of the molecule is O=S(=O)(Nc1ccccc1-c1nc2ccccc2[nH]1)c1cccc(C(F)(F)F)c1. The Balaban J connectivity index is 1.73. The number of fused-ring (bicyclic) bond motifs is 1. The third-order valence-corrected chi connectivity index (χ3v) is 5.65. The van der Waals surface area contributed by atoms with Gasteiger partial charge in [-0.3, -0.25) is 4.72 Å². The predicted octanol–water partition coefficient (Wildman–Crippen LogP) is 5.05. The van der Waals surface area contributed by atoms with E-state index in [1.165, 1.54) is 6.07 Å². The van der Waals surface area contributed by atoms with Crippen molar-refractivity contribution in [2.24, 2.45) is 0 Å². The van der Waals surface area contributed by atoms with Crippen molar-refractivity contribution < 1.29 is 21.6 Å². The van der Waals surface area contributed by atoms with E-state index in [1.54, 1.807) is 18.2 Å². The minimum absolute atomic E-state index is 0.198. The van der Waals surface area contributed by atoms with Crippen molar-refractivity contribution in [1.29, 1.82) is 0 Å². The van der Waals surface area contributed by atoms with E-state index in [0.717, 1.165) is 23.7 Å². The van der Waals surface area contributed by atoms with Gasteiger partial charge in [0.2, 0.25) is 0 Å². The van der Waals surface area contributed by atoms with Crippen molar-refractivity contribution in [3.8, 4) is 11.4 Å². The molecular formula is C20H14F3N3O2S. The van der Waals surface area contributed by atoms with E-state index in [9.17, 15) is 21.6 Å². The molecule has 0 radical (unpaired) electrons. The number of H-pyrrole nitrogens is 1. The first-order valence-electron chi connectivity index (χ1n) is 8.48. The van der Waals surface area contributed by atoms with Crippen LogP contribution in [0.3, 0.4) is 0 Å². The topological polar surface area (TPSA) is 74.8 Å². The molecule has 29 heavy (non-hydrogen) atoms. The standard InChI is InChI=1S/C20H14F3N3O2S/c21-20(22,23)13-6-5-7-14(12-13)29(27,28)26-16-9-2-1-8-15(16)19-24-17-10-3-4-11-18(17)25-19/h1-12,26H,(H,24,25). The van der Waals surface area contributed by atoms with Gasteiger partial charge in [-0.05, 0) is 42.5 Å². The number of imidazole rings is 1. The summed E-state index contributed by atoms with van der Waals surface area (Å²) in [4.78, 5) is 7.09. The van der Waals surface area contributed by atoms with Gasteiger partial charge in [0.1, 0.15) is 5.82 Å². The maximum Gasteiger partial charge on any atom is 0.416 e. The zero-order valence-electron chi connectivity index (χ0n) is 14.7. The number of aromatic nitrogens is 2. The Bertz CT molecular complexity index is 1260. The van der Waals surface area contributed by atoms with E-state index in [0.29, 0.717) is 23.0 Å². The molecule has 148 valence electrons. The first-order valence-corrected chi connectivity index (χ1v) is 9.96. The third kappa shape index (κ3) is 3.81. The number of nitrogens with one attached hydrogen (secondary N) is 2. The van der Waals surface area contributed by atoms with Gasteiger partial charge in [0.15, 0.2) is 0 Å². The van der Waals surface area contributed by atoms with Crippen LogP contribution in [0.1, 0.15) is 5.56 Å². The quantitative estimate of drug-likeness (QED) is 0.488. The second kappa shape index (κ2) is 6.93. The van der Waals surface area contributed by atoms with Crippen LogP contribution >= 0.6 is 0 Å². The normalized spacial score (nSPS) is 12.2. The summed E-state index contributed by atoms with van der Waals surface area (Å²) in [6, 6.07) is 17.4. The van der Waals surface area contributed by atoms with Gasteiger partial charge in [0.05, 0.1) is 27.2 Å². The molecule has 0 fully saturated rings. The van der Waals surface area contributed by atoms with Crippen LogP contribution in [0.2, 0.25) is 0 Å². The molecule has 0 unspecified atom stereocenters. The minimum Gasteiger partial charge on any atom is -0.338 e. The first kappa shape index (κ1) is 19.0. The number of hydrogen-bond donors (Lipinski definition) is 2. The van der Waals surface area contributed by atoms with Crippen LogP contribution in [-0.2, 0) is 16.2 Å². The van der Waals surface area contributed by atoms with Crippen LogP contribution in [0.25, 0.3) is 22.4 Å². The van der Waals surface area contributed by atoms with Gasteiger partial charge in [0, 0.05) is 5.56 Å². The Kier molecular flexibility index (Phi) is 4.54. The van der Waals surface area contributed by atoms with Crippen molar-refractivity contribution in [2.45, 2.75) is 11.1 Å². The zero-order valence-corrected chi connectivity index (χ0v) is 15.6. The molecule has 5 nitrogen and oxygen atoms in total. The van der Waals surface area contributed by atoms with Gasteiger partial charge in [-0.2, -0.15) is 13.2 Å². The summed E-state index contributed by atoms with van der Waals surface area (Å²) in [5, 5.41) is 0. The highest BCUT2D eigenvalue weighted by atomic mass is 32.2. The molecule has 0 aliphatic carbocycles. The molecule has 1 aromatic heterocycles. The molecule has 0 saturated carbocycles. The Morgan fingerprint density at radius 2 is 1.62 bits per heavy atom.